The third kappa shape index (κ3) is 5.53. The highest BCUT2D eigenvalue weighted by Crippen LogP contribution is 2.20. The third-order valence-corrected chi connectivity index (χ3v) is 3.57. The van der Waals surface area contributed by atoms with Crippen molar-refractivity contribution in [2.45, 2.75) is 51.4 Å². The Kier molecular flexibility index (Phi) is 6.00. The lowest BCUT2D eigenvalue weighted by molar-refractivity contribution is -0.165. The van der Waals surface area contributed by atoms with Crippen LogP contribution in [0.2, 0.25) is 0 Å². The largest absolute Gasteiger partial charge is 0.406 e. The van der Waals surface area contributed by atoms with Gasteiger partial charge in [0.05, 0.1) is 12.6 Å². The minimum absolute atomic E-state index is 0.206. The van der Waals surface area contributed by atoms with Crippen LogP contribution >= 0.6 is 0 Å². The normalized spacial score (nSPS) is 20.6. The monoisotopic (exact) mass is 309 g/mol. The van der Waals surface area contributed by atoms with Crippen LogP contribution in [0.15, 0.2) is 0 Å². The van der Waals surface area contributed by atoms with Gasteiger partial charge in [0.2, 0.25) is 11.8 Å². The fourth-order valence-corrected chi connectivity index (χ4v) is 2.52. The summed E-state index contributed by atoms with van der Waals surface area (Å²) >= 11 is 0. The maximum absolute atomic E-state index is 12.5. The molecule has 1 aliphatic rings. The Morgan fingerprint density at radius 3 is 2.43 bits per heavy atom. The molecule has 0 radical (unpaired) electrons. The van der Waals surface area contributed by atoms with Gasteiger partial charge in [0.25, 0.3) is 0 Å². The SMILES string of the molecule is CC(C)N(CC(F)(F)F)C(=O)CN1CCCCC1C(N)=O. The fraction of sp³-hybridized carbons (Fsp3) is 0.846. The molecule has 1 rings (SSSR count). The number of hydrogen-bond donors (Lipinski definition) is 1. The zero-order valence-electron chi connectivity index (χ0n) is 12.3. The van der Waals surface area contributed by atoms with Crippen molar-refractivity contribution < 1.29 is 22.8 Å². The number of amides is 2. The number of likely N-dealkylation sites (tertiary alicyclic amines) is 1. The van der Waals surface area contributed by atoms with Gasteiger partial charge in [0.15, 0.2) is 0 Å². The van der Waals surface area contributed by atoms with Gasteiger partial charge < -0.3 is 10.6 Å². The van der Waals surface area contributed by atoms with Crippen LogP contribution in [0.3, 0.4) is 0 Å². The van der Waals surface area contributed by atoms with Crippen LogP contribution in [-0.2, 0) is 9.59 Å². The Balaban J connectivity index is 2.73. The molecule has 1 heterocycles. The number of hydrogen-bond acceptors (Lipinski definition) is 3. The van der Waals surface area contributed by atoms with Crippen molar-refractivity contribution in [1.29, 1.82) is 0 Å². The number of carbonyl (C=O) groups excluding carboxylic acids is 2. The van der Waals surface area contributed by atoms with Crippen molar-refractivity contribution in [3.05, 3.63) is 0 Å². The maximum atomic E-state index is 12.5. The van der Waals surface area contributed by atoms with Gasteiger partial charge in [-0.05, 0) is 33.2 Å². The van der Waals surface area contributed by atoms with E-state index in [0.29, 0.717) is 13.0 Å². The number of nitrogens with zero attached hydrogens (tertiary/aromatic N) is 2. The lowest BCUT2D eigenvalue weighted by atomic mass is 10.0. The van der Waals surface area contributed by atoms with Gasteiger partial charge in [0, 0.05) is 6.04 Å². The summed E-state index contributed by atoms with van der Waals surface area (Å²) in [7, 11) is 0. The Bertz CT molecular complexity index is 385. The first-order chi connectivity index (χ1) is 9.61. The van der Waals surface area contributed by atoms with Crippen LogP contribution in [0.5, 0.6) is 0 Å². The van der Waals surface area contributed by atoms with Crippen LogP contribution in [0.1, 0.15) is 33.1 Å². The van der Waals surface area contributed by atoms with Crippen molar-refractivity contribution in [1.82, 2.24) is 9.80 Å². The second kappa shape index (κ2) is 7.11. The summed E-state index contributed by atoms with van der Waals surface area (Å²) in [5, 5.41) is 0. The van der Waals surface area contributed by atoms with E-state index in [9.17, 15) is 22.8 Å². The van der Waals surface area contributed by atoms with Crippen molar-refractivity contribution in [3.63, 3.8) is 0 Å². The Hall–Kier alpha value is -1.31. The summed E-state index contributed by atoms with van der Waals surface area (Å²) in [6, 6.07) is -1.13. The van der Waals surface area contributed by atoms with E-state index in [1.165, 1.54) is 13.8 Å². The second-order valence-corrected chi connectivity index (χ2v) is 5.61. The van der Waals surface area contributed by atoms with E-state index in [1.54, 1.807) is 4.90 Å². The first kappa shape index (κ1) is 17.7. The van der Waals surface area contributed by atoms with E-state index >= 15 is 0 Å². The minimum atomic E-state index is -4.44. The number of piperidine rings is 1. The molecule has 21 heavy (non-hydrogen) atoms. The molecule has 122 valence electrons. The molecule has 0 aliphatic carbocycles. The molecule has 1 saturated heterocycles. The maximum Gasteiger partial charge on any atom is 0.406 e. The highest BCUT2D eigenvalue weighted by molar-refractivity contribution is 5.82. The standard InChI is InChI=1S/C13H22F3N3O2/c1-9(2)19(8-13(14,15)16)11(20)7-18-6-4-3-5-10(18)12(17)21/h9-10H,3-8H2,1-2H3,(H2,17,21). The Labute approximate surface area is 122 Å². The Morgan fingerprint density at radius 2 is 1.95 bits per heavy atom. The summed E-state index contributed by atoms with van der Waals surface area (Å²) < 4.78 is 37.6. The molecule has 0 aromatic heterocycles. The smallest absolute Gasteiger partial charge is 0.368 e. The molecule has 1 atom stereocenters. The van der Waals surface area contributed by atoms with E-state index in [1.807, 2.05) is 0 Å². The van der Waals surface area contributed by atoms with Gasteiger partial charge in [0.1, 0.15) is 6.54 Å². The van der Waals surface area contributed by atoms with Gasteiger partial charge >= 0.3 is 6.18 Å². The number of primary amides is 1. The number of alkyl halides is 3. The van der Waals surface area contributed by atoms with E-state index in [4.69, 9.17) is 5.73 Å². The summed E-state index contributed by atoms with van der Waals surface area (Å²) in [4.78, 5) is 25.9. The van der Waals surface area contributed by atoms with Crippen LogP contribution in [0.25, 0.3) is 0 Å². The van der Waals surface area contributed by atoms with Crippen LogP contribution in [0, 0.1) is 0 Å². The molecule has 1 fully saturated rings. The van der Waals surface area contributed by atoms with E-state index < -0.39 is 36.6 Å². The molecule has 0 bridgehead atoms. The molecule has 2 amide bonds. The predicted octanol–water partition coefficient (Wildman–Crippen LogP) is 1.13. The van der Waals surface area contributed by atoms with E-state index in [2.05, 4.69) is 0 Å². The minimum Gasteiger partial charge on any atom is -0.368 e. The topological polar surface area (TPSA) is 66.6 Å². The van der Waals surface area contributed by atoms with Crippen LogP contribution in [-0.4, -0.2) is 59.5 Å². The molecule has 0 spiro atoms. The molecule has 0 aromatic carbocycles. The van der Waals surface area contributed by atoms with Gasteiger partial charge in [-0.15, -0.1) is 0 Å². The highest BCUT2D eigenvalue weighted by Gasteiger charge is 2.36. The second-order valence-electron chi connectivity index (χ2n) is 5.61. The molecule has 5 nitrogen and oxygen atoms in total. The lowest BCUT2D eigenvalue weighted by Gasteiger charge is -2.35. The van der Waals surface area contributed by atoms with E-state index in [-0.39, 0.29) is 6.54 Å². The zero-order valence-corrected chi connectivity index (χ0v) is 12.3. The summed E-state index contributed by atoms with van der Waals surface area (Å²) in [6.07, 6.45) is -2.26. The summed E-state index contributed by atoms with van der Waals surface area (Å²) in [5.41, 5.74) is 5.29. The molecule has 0 aromatic rings. The predicted molar refractivity (Wildman–Crippen MR) is 71.3 cm³/mol. The Morgan fingerprint density at radius 1 is 1.33 bits per heavy atom. The molecular weight excluding hydrogens is 287 g/mol. The molecule has 2 N–H and O–H groups in total. The molecule has 0 saturated carbocycles. The summed E-state index contributed by atoms with van der Waals surface area (Å²) in [5.74, 6) is -1.16. The van der Waals surface area contributed by atoms with Gasteiger partial charge in [-0.3, -0.25) is 14.5 Å². The number of rotatable bonds is 5. The number of nitrogens with two attached hydrogens (primary N) is 1. The van der Waals surface area contributed by atoms with Gasteiger partial charge in [-0.1, -0.05) is 6.42 Å². The fourth-order valence-electron chi connectivity index (χ4n) is 2.52. The number of carbonyl (C=O) groups is 2. The van der Waals surface area contributed by atoms with Crippen LogP contribution < -0.4 is 5.73 Å². The van der Waals surface area contributed by atoms with Gasteiger partial charge in [-0.2, -0.15) is 13.2 Å². The first-order valence-corrected chi connectivity index (χ1v) is 7.01. The molecule has 1 aliphatic heterocycles. The van der Waals surface area contributed by atoms with Gasteiger partial charge in [-0.25, -0.2) is 0 Å². The third-order valence-electron chi connectivity index (χ3n) is 3.57. The van der Waals surface area contributed by atoms with Crippen molar-refractivity contribution in [2.75, 3.05) is 19.6 Å². The highest BCUT2D eigenvalue weighted by atomic mass is 19.4. The van der Waals surface area contributed by atoms with Crippen molar-refractivity contribution >= 4 is 11.8 Å². The molecule has 8 heteroatoms. The average Bonchev–Trinajstić information content (AvgIpc) is 2.34. The zero-order chi connectivity index (χ0) is 16.2. The average molecular weight is 309 g/mol. The lowest BCUT2D eigenvalue weighted by Crippen LogP contribution is -2.53. The van der Waals surface area contributed by atoms with E-state index in [0.717, 1.165) is 17.7 Å². The first-order valence-electron chi connectivity index (χ1n) is 7.01. The van der Waals surface area contributed by atoms with Crippen molar-refractivity contribution in [2.24, 2.45) is 5.73 Å². The van der Waals surface area contributed by atoms with Crippen LogP contribution in [0.4, 0.5) is 13.2 Å². The molecular formula is C13H22F3N3O2. The molecule has 1 unspecified atom stereocenters. The van der Waals surface area contributed by atoms with Crippen molar-refractivity contribution in [3.8, 4) is 0 Å². The quantitative estimate of drug-likeness (QED) is 0.828. The summed E-state index contributed by atoms with van der Waals surface area (Å²) in [6.45, 7) is 2.08. The number of halogens is 3.